The molecule has 3 heterocycles. The molecule has 2 aromatic heterocycles. The Bertz CT molecular complexity index is 772. The molecule has 0 radical (unpaired) electrons. The van der Waals surface area contributed by atoms with Crippen LogP contribution in [0.5, 0.6) is 0 Å². The number of hydrogen-bond donors (Lipinski definition) is 1. The van der Waals surface area contributed by atoms with Crippen LogP contribution in [0, 0.1) is 5.92 Å². The number of likely N-dealkylation sites (tertiary alicyclic amines) is 1. The number of aromatic nitrogens is 3. The summed E-state index contributed by atoms with van der Waals surface area (Å²) in [6.07, 6.45) is 8.21. The number of carbonyl (C=O) groups excluding carboxylic acids is 2. The van der Waals surface area contributed by atoms with Crippen molar-refractivity contribution in [1.82, 2.24) is 19.7 Å². The number of hydrogen-bond acceptors (Lipinski definition) is 4. The summed E-state index contributed by atoms with van der Waals surface area (Å²) in [5, 5.41) is 7.23. The Morgan fingerprint density at radius 3 is 2.85 bits per heavy atom. The summed E-state index contributed by atoms with van der Waals surface area (Å²) in [5.41, 5.74) is 1.53. The molecule has 1 fully saturated rings. The minimum absolute atomic E-state index is 0.0768. The van der Waals surface area contributed by atoms with E-state index in [9.17, 15) is 9.59 Å². The van der Waals surface area contributed by atoms with E-state index >= 15 is 0 Å². The van der Waals surface area contributed by atoms with Gasteiger partial charge in [0.25, 0.3) is 0 Å². The second kappa shape index (κ2) is 8.79. The number of amides is 2. The summed E-state index contributed by atoms with van der Waals surface area (Å²) >= 11 is 0. The Hall–Kier alpha value is -2.70. The zero-order valence-electron chi connectivity index (χ0n) is 16.0. The van der Waals surface area contributed by atoms with Crippen LogP contribution in [0.25, 0.3) is 0 Å². The molecule has 1 aliphatic heterocycles. The molecule has 1 N–H and O–H groups in total. The number of piperidine rings is 1. The zero-order valence-corrected chi connectivity index (χ0v) is 16.0. The molecule has 1 unspecified atom stereocenters. The van der Waals surface area contributed by atoms with Gasteiger partial charge in [-0.05, 0) is 37.3 Å². The van der Waals surface area contributed by atoms with Gasteiger partial charge in [-0.15, -0.1) is 0 Å². The van der Waals surface area contributed by atoms with Crippen LogP contribution in [-0.2, 0) is 16.1 Å². The lowest BCUT2D eigenvalue weighted by atomic mass is 9.98. The maximum Gasteiger partial charge on any atom is 0.247 e. The summed E-state index contributed by atoms with van der Waals surface area (Å²) in [7, 11) is 0. The lowest BCUT2D eigenvalue weighted by molar-refractivity contribution is -0.141. The van der Waals surface area contributed by atoms with Gasteiger partial charge in [-0.25, -0.2) is 0 Å². The van der Waals surface area contributed by atoms with Crippen molar-refractivity contribution in [3.05, 3.63) is 42.5 Å². The molecule has 0 aromatic carbocycles. The van der Waals surface area contributed by atoms with Gasteiger partial charge in [0, 0.05) is 25.4 Å². The Morgan fingerprint density at radius 1 is 1.30 bits per heavy atom. The fourth-order valence-corrected chi connectivity index (χ4v) is 3.38. The maximum atomic E-state index is 12.9. The molecule has 3 rings (SSSR count). The first-order chi connectivity index (χ1) is 13.0. The predicted octanol–water partition coefficient (Wildman–Crippen LogP) is 2.69. The van der Waals surface area contributed by atoms with E-state index in [4.69, 9.17) is 0 Å². The monoisotopic (exact) mass is 369 g/mol. The average molecular weight is 369 g/mol. The van der Waals surface area contributed by atoms with Crippen LogP contribution in [0.4, 0.5) is 5.69 Å². The lowest BCUT2D eigenvalue weighted by Crippen LogP contribution is -2.49. The quantitative estimate of drug-likeness (QED) is 0.814. The van der Waals surface area contributed by atoms with Crippen LogP contribution in [0.1, 0.15) is 45.2 Å². The van der Waals surface area contributed by atoms with Crippen LogP contribution in [-0.4, -0.2) is 44.1 Å². The number of rotatable bonds is 7. The number of carbonyl (C=O) groups is 2. The summed E-state index contributed by atoms with van der Waals surface area (Å²) in [6.45, 7) is 5.33. The third kappa shape index (κ3) is 5.15. The predicted molar refractivity (Wildman–Crippen MR) is 103 cm³/mol. The molecule has 1 atom stereocenters. The first-order valence-corrected chi connectivity index (χ1v) is 9.55. The second-order valence-corrected chi connectivity index (χ2v) is 7.43. The van der Waals surface area contributed by atoms with E-state index in [1.165, 1.54) is 0 Å². The standard InChI is InChI=1S/C20H27N5O2/c1-15(2)11-18(25-10-6-4-8-19(25)26)20(27)23-17-12-22-24(14-17)13-16-7-3-5-9-21-16/h3,5,7,9,12,14-15,18H,4,6,8,10-11,13H2,1-2H3,(H,23,27). The van der Waals surface area contributed by atoms with E-state index in [2.05, 4.69) is 29.2 Å². The molecule has 27 heavy (non-hydrogen) atoms. The van der Waals surface area contributed by atoms with Gasteiger partial charge in [0.1, 0.15) is 6.04 Å². The van der Waals surface area contributed by atoms with E-state index in [-0.39, 0.29) is 11.8 Å². The van der Waals surface area contributed by atoms with Crippen molar-refractivity contribution in [3.63, 3.8) is 0 Å². The Labute approximate surface area is 159 Å². The van der Waals surface area contributed by atoms with Crippen LogP contribution >= 0.6 is 0 Å². The SMILES string of the molecule is CC(C)CC(C(=O)Nc1cnn(Cc2ccccn2)c1)N1CCCCC1=O. The van der Waals surface area contributed by atoms with Gasteiger partial charge in [-0.3, -0.25) is 19.3 Å². The molecule has 144 valence electrons. The van der Waals surface area contributed by atoms with Crippen molar-refractivity contribution in [1.29, 1.82) is 0 Å². The van der Waals surface area contributed by atoms with Crippen molar-refractivity contribution in [3.8, 4) is 0 Å². The molecular formula is C20H27N5O2. The summed E-state index contributed by atoms with van der Waals surface area (Å²) < 4.78 is 1.74. The first kappa shape index (κ1) is 19.1. The van der Waals surface area contributed by atoms with E-state index < -0.39 is 6.04 Å². The van der Waals surface area contributed by atoms with E-state index in [0.717, 1.165) is 18.5 Å². The van der Waals surface area contributed by atoms with Crippen LogP contribution < -0.4 is 5.32 Å². The molecule has 7 heteroatoms. The molecule has 0 bridgehead atoms. The second-order valence-electron chi connectivity index (χ2n) is 7.43. The summed E-state index contributed by atoms with van der Waals surface area (Å²) in [5.74, 6) is 0.256. The van der Waals surface area contributed by atoms with Crippen molar-refractivity contribution in [2.24, 2.45) is 5.92 Å². The Balaban J connectivity index is 1.67. The van der Waals surface area contributed by atoms with Gasteiger partial charge >= 0.3 is 0 Å². The van der Waals surface area contributed by atoms with Gasteiger partial charge in [-0.2, -0.15) is 5.10 Å². The fourth-order valence-electron chi connectivity index (χ4n) is 3.38. The Morgan fingerprint density at radius 2 is 2.15 bits per heavy atom. The number of nitrogens with zero attached hydrogens (tertiary/aromatic N) is 4. The third-order valence-electron chi connectivity index (χ3n) is 4.68. The van der Waals surface area contributed by atoms with Gasteiger partial charge in [0.2, 0.25) is 11.8 Å². The van der Waals surface area contributed by atoms with E-state index in [1.54, 1.807) is 28.2 Å². The fraction of sp³-hybridized carbons (Fsp3) is 0.500. The first-order valence-electron chi connectivity index (χ1n) is 9.55. The largest absolute Gasteiger partial charge is 0.331 e. The Kier molecular flexibility index (Phi) is 6.21. The van der Waals surface area contributed by atoms with Gasteiger partial charge in [0.05, 0.1) is 24.1 Å². The molecule has 2 amide bonds. The average Bonchev–Trinajstić information content (AvgIpc) is 3.08. The van der Waals surface area contributed by atoms with Gasteiger partial charge in [-0.1, -0.05) is 19.9 Å². The number of anilines is 1. The molecule has 0 saturated carbocycles. The van der Waals surface area contributed by atoms with Crippen LogP contribution in [0.2, 0.25) is 0 Å². The minimum Gasteiger partial charge on any atom is -0.331 e. The van der Waals surface area contributed by atoms with Crippen molar-refractivity contribution < 1.29 is 9.59 Å². The number of nitrogens with one attached hydrogen (secondary N) is 1. The van der Waals surface area contributed by atoms with Crippen LogP contribution in [0.3, 0.4) is 0 Å². The molecule has 7 nitrogen and oxygen atoms in total. The maximum absolute atomic E-state index is 12.9. The molecule has 1 saturated heterocycles. The van der Waals surface area contributed by atoms with E-state index in [1.807, 2.05) is 18.2 Å². The molecule has 0 spiro atoms. The van der Waals surface area contributed by atoms with Crippen molar-refractivity contribution in [2.75, 3.05) is 11.9 Å². The van der Waals surface area contributed by atoms with Crippen molar-refractivity contribution in [2.45, 2.75) is 52.1 Å². The molecule has 2 aromatic rings. The molecular weight excluding hydrogens is 342 g/mol. The molecule has 1 aliphatic rings. The summed E-state index contributed by atoms with van der Waals surface area (Å²) in [6, 6.07) is 5.30. The minimum atomic E-state index is -0.433. The van der Waals surface area contributed by atoms with Gasteiger partial charge < -0.3 is 10.2 Å². The van der Waals surface area contributed by atoms with Gasteiger partial charge in [0.15, 0.2) is 0 Å². The highest BCUT2D eigenvalue weighted by molar-refractivity contribution is 5.97. The molecule has 0 aliphatic carbocycles. The van der Waals surface area contributed by atoms with Crippen LogP contribution in [0.15, 0.2) is 36.8 Å². The third-order valence-corrected chi connectivity index (χ3v) is 4.68. The highest BCUT2D eigenvalue weighted by Crippen LogP contribution is 2.20. The number of pyridine rings is 1. The smallest absolute Gasteiger partial charge is 0.247 e. The lowest BCUT2D eigenvalue weighted by Gasteiger charge is -2.34. The highest BCUT2D eigenvalue weighted by Gasteiger charge is 2.32. The highest BCUT2D eigenvalue weighted by atomic mass is 16.2. The van der Waals surface area contributed by atoms with E-state index in [0.29, 0.717) is 37.5 Å². The normalized spacial score (nSPS) is 15.8. The topological polar surface area (TPSA) is 80.1 Å². The summed E-state index contributed by atoms with van der Waals surface area (Å²) in [4.78, 5) is 31.2. The zero-order chi connectivity index (χ0) is 19.2. The van der Waals surface area contributed by atoms with Crippen molar-refractivity contribution >= 4 is 17.5 Å².